The van der Waals surface area contributed by atoms with Crippen LogP contribution in [0, 0.1) is 11.6 Å². The van der Waals surface area contributed by atoms with Crippen LogP contribution in [0.25, 0.3) is 10.9 Å². The van der Waals surface area contributed by atoms with Crippen LogP contribution in [0.3, 0.4) is 0 Å². The summed E-state index contributed by atoms with van der Waals surface area (Å²) < 4.78 is 27.7. The van der Waals surface area contributed by atoms with Crippen molar-refractivity contribution in [3.05, 3.63) is 93.6 Å². The van der Waals surface area contributed by atoms with Gasteiger partial charge < -0.3 is 15.3 Å². The van der Waals surface area contributed by atoms with Gasteiger partial charge in [-0.3, -0.25) is 4.79 Å². The number of β-amino-alcohol motifs (C(OH)–C–C–N with tert-alkyl or cyclic N) is 1. The second kappa shape index (κ2) is 7.19. The van der Waals surface area contributed by atoms with Gasteiger partial charge in [-0.05, 0) is 42.5 Å². The molecule has 6 nitrogen and oxygen atoms in total. The lowest BCUT2D eigenvalue weighted by atomic mass is 9.96. The van der Waals surface area contributed by atoms with E-state index in [0.717, 1.165) is 0 Å². The average molecular weight is 465 g/mol. The number of anilines is 2. The van der Waals surface area contributed by atoms with Crippen molar-refractivity contribution in [2.75, 3.05) is 11.4 Å². The molecule has 164 valence electrons. The van der Waals surface area contributed by atoms with Gasteiger partial charge in [0.1, 0.15) is 11.6 Å². The van der Waals surface area contributed by atoms with Gasteiger partial charge in [0.15, 0.2) is 0 Å². The zero-order valence-corrected chi connectivity index (χ0v) is 17.6. The second-order valence-electron chi connectivity index (χ2n) is 8.04. The summed E-state index contributed by atoms with van der Waals surface area (Å²) in [6, 6.07) is 10.9. The number of aromatic nitrogens is 2. The third-order valence-electron chi connectivity index (χ3n) is 6.09. The van der Waals surface area contributed by atoms with E-state index in [4.69, 9.17) is 16.6 Å². The van der Waals surface area contributed by atoms with Crippen LogP contribution in [0.1, 0.15) is 39.2 Å². The third-order valence-corrected chi connectivity index (χ3v) is 6.44. The molecule has 3 heterocycles. The first kappa shape index (κ1) is 20.0. The zero-order chi connectivity index (χ0) is 22.9. The molecule has 2 aliphatic heterocycles. The van der Waals surface area contributed by atoms with Crippen molar-refractivity contribution in [3.8, 4) is 0 Å². The molecule has 33 heavy (non-hydrogen) atoms. The summed E-state index contributed by atoms with van der Waals surface area (Å²) >= 11 is 6.34. The molecule has 3 aromatic carbocycles. The average Bonchev–Trinajstić information content (AvgIpc) is 3.32. The lowest BCUT2D eigenvalue weighted by Crippen LogP contribution is -2.20. The van der Waals surface area contributed by atoms with Gasteiger partial charge in [0.2, 0.25) is 5.95 Å². The first-order valence-corrected chi connectivity index (χ1v) is 10.6. The van der Waals surface area contributed by atoms with Crippen LogP contribution in [0.4, 0.5) is 20.4 Å². The Labute approximate surface area is 191 Å². The minimum Gasteiger partial charge on any atom is -0.386 e. The van der Waals surface area contributed by atoms with E-state index in [2.05, 4.69) is 10.3 Å². The van der Waals surface area contributed by atoms with E-state index in [9.17, 15) is 18.7 Å². The number of rotatable bonds is 2. The van der Waals surface area contributed by atoms with Gasteiger partial charge in [-0.1, -0.05) is 17.7 Å². The Morgan fingerprint density at radius 1 is 1.06 bits per heavy atom. The van der Waals surface area contributed by atoms with E-state index >= 15 is 0 Å². The van der Waals surface area contributed by atoms with E-state index in [1.807, 2.05) is 0 Å². The van der Waals surface area contributed by atoms with E-state index in [1.165, 1.54) is 30.3 Å². The van der Waals surface area contributed by atoms with E-state index in [-0.39, 0.29) is 12.5 Å². The van der Waals surface area contributed by atoms with Crippen molar-refractivity contribution in [1.29, 1.82) is 0 Å². The summed E-state index contributed by atoms with van der Waals surface area (Å²) in [4.78, 5) is 23.6. The molecule has 9 heteroatoms. The number of carbonyl (C=O) groups is 1. The predicted octanol–water partition coefficient (Wildman–Crippen LogP) is 4.58. The predicted molar refractivity (Wildman–Crippen MR) is 119 cm³/mol. The van der Waals surface area contributed by atoms with Crippen LogP contribution in [-0.2, 0) is 0 Å². The summed E-state index contributed by atoms with van der Waals surface area (Å²) in [6.45, 7) is 0.162. The zero-order valence-electron chi connectivity index (χ0n) is 16.9. The summed E-state index contributed by atoms with van der Waals surface area (Å²) in [5.41, 5.74) is 2.99. The first-order valence-electron chi connectivity index (χ1n) is 10.2. The van der Waals surface area contributed by atoms with Gasteiger partial charge >= 0.3 is 0 Å². The molecule has 1 aromatic heterocycles. The molecule has 1 unspecified atom stereocenters. The molecular weight excluding hydrogens is 450 g/mol. The van der Waals surface area contributed by atoms with E-state index in [0.29, 0.717) is 49.8 Å². The lowest BCUT2D eigenvalue weighted by molar-refractivity contribution is 0.0960. The Balaban J connectivity index is 1.54. The number of fused-ring (bicyclic) bond motifs is 4. The summed E-state index contributed by atoms with van der Waals surface area (Å²) in [5, 5.41) is 14.3. The number of nitrogens with zero attached hydrogens (tertiary/aromatic N) is 3. The Morgan fingerprint density at radius 2 is 1.82 bits per heavy atom. The normalized spacial score (nSPS) is 19.0. The van der Waals surface area contributed by atoms with Crippen molar-refractivity contribution < 1.29 is 18.7 Å². The molecule has 0 fully saturated rings. The van der Waals surface area contributed by atoms with Crippen LogP contribution in [0.5, 0.6) is 0 Å². The fourth-order valence-electron chi connectivity index (χ4n) is 4.58. The molecule has 0 saturated carbocycles. The van der Waals surface area contributed by atoms with Crippen LogP contribution in [-0.4, -0.2) is 27.5 Å². The van der Waals surface area contributed by atoms with Gasteiger partial charge in [-0.2, -0.15) is 0 Å². The number of nitrogens with one attached hydrogen (secondary N) is 1. The van der Waals surface area contributed by atoms with Crippen molar-refractivity contribution in [1.82, 2.24) is 15.3 Å². The molecule has 4 aromatic rings. The van der Waals surface area contributed by atoms with Crippen molar-refractivity contribution in [2.45, 2.75) is 12.1 Å². The molecular formula is C24H15ClF2N4O2. The second-order valence-corrected chi connectivity index (χ2v) is 8.44. The highest BCUT2D eigenvalue weighted by Gasteiger charge is 2.35. The number of halogens is 3. The fraction of sp³-hybridized carbons (Fsp3) is 0.125. The Bertz CT molecular complexity index is 1480. The maximum absolute atomic E-state index is 14.0. The summed E-state index contributed by atoms with van der Waals surface area (Å²) in [5.74, 6) is -0.924. The van der Waals surface area contributed by atoms with Crippen LogP contribution in [0.2, 0.25) is 5.02 Å². The fourth-order valence-corrected chi connectivity index (χ4v) is 4.80. The topological polar surface area (TPSA) is 78.4 Å². The maximum atomic E-state index is 14.0. The molecule has 0 bridgehead atoms. The SMILES string of the molecule is O=C1NC(c2cc(F)ccc2Cl)c2c1ccc1cnc(N3C[C@@H](O)c4cc(F)ccc43)nc21. The first-order chi connectivity index (χ1) is 15.9. The minimum atomic E-state index is -0.890. The highest BCUT2D eigenvalue weighted by Crippen LogP contribution is 2.41. The highest BCUT2D eigenvalue weighted by molar-refractivity contribution is 6.31. The highest BCUT2D eigenvalue weighted by atomic mass is 35.5. The molecule has 2 atom stereocenters. The monoisotopic (exact) mass is 464 g/mol. The van der Waals surface area contributed by atoms with E-state index in [1.54, 1.807) is 29.3 Å². The van der Waals surface area contributed by atoms with Crippen LogP contribution in [0.15, 0.2) is 54.7 Å². The standard InChI is InChI=1S/C24H15ClF2N4O2/c25-17-5-2-12(26)7-15(17)22-20-14(23(33)29-22)4-1-11-9-28-24(30-21(11)20)31-10-19(32)16-8-13(27)3-6-18(16)31/h1-9,19,22,32H,10H2,(H,29,33)/t19-,22?/m1/s1. The quantitative estimate of drug-likeness (QED) is 0.454. The molecule has 0 saturated heterocycles. The number of hydrogen-bond acceptors (Lipinski definition) is 5. The molecule has 0 aliphatic carbocycles. The maximum Gasteiger partial charge on any atom is 0.252 e. The van der Waals surface area contributed by atoms with Crippen LogP contribution < -0.4 is 10.2 Å². The molecule has 2 aliphatic rings. The van der Waals surface area contributed by atoms with Gasteiger partial charge in [0.05, 0.1) is 29.9 Å². The molecule has 0 spiro atoms. The number of carbonyl (C=O) groups excluding carboxylic acids is 1. The van der Waals surface area contributed by atoms with Crippen molar-refractivity contribution in [3.63, 3.8) is 0 Å². The minimum absolute atomic E-state index is 0.162. The van der Waals surface area contributed by atoms with Gasteiger partial charge in [-0.15, -0.1) is 0 Å². The lowest BCUT2D eigenvalue weighted by Gasteiger charge is -2.19. The van der Waals surface area contributed by atoms with Gasteiger partial charge in [0.25, 0.3) is 5.91 Å². The molecule has 6 rings (SSSR count). The third kappa shape index (κ3) is 3.06. The molecule has 0 radical (unpaired) electrons. The largest absolute Gasteiger partial charge is 0.386 e. The van der Waals surface area contributed by atoms with Crippen LogP contribution >= 0.6 is 11.6 Å². The van der Waals surface area contributed by atoms with E-state index < -0.39 is 23.8 Å². The Kier molecular flexibility index (Phi) is 4.36. The van der Waals surface area contributed by atoms with Gasteiger partial charge in [0, 0.05) is 38.9 Å². The summed E-state index contributed by atoms with van der Waals surface area (Å²) in [6.07, 6.45) is 0.734. The number of hydrogen-bond donors (Lipinski definition) is 2. The van der Waals surface area contributed by atoms with Gasteiger partial charge in [-0.25, -0.2) is 18.7 Å². The van der Waals surface area contributed by atoms with Crippen molar-refractivity contribution >= 4 is 40.0 Å². The number of aliphatic hydroxyl groups is 1. The smallest absolute Gasteiger partial charge is 0.252 e. The number of benzene rings is 3. The number of aliphatic hydroxyl groups excluding tert-OH is 1. The molecule has 2 N–H and O–H groups in total. The van der Waals surface area contributed by atoms with Crippen molar-refractivity contribution in [2.24, 2.45) is 0 Å². The molecule has 1 amide bonds. The Morgan fingerprint density at radius 3 is 2.64 bits per heavy atom. The summed E-state index contributed by atoms with van der Waals surface area (Å²) in [7, 11) is 0. The number of amides is 1. The Hall–Kier alpha value is -3.62.